The maximum atomic E-state index is 12.3. The van der Waals surface area contributed by atoms with Gasteiger partial charge in [0, 0.05) is 22.0 Å². The molecule has 3 aromatic rings. The molecule has 0 fully saturated rings. The van der Waals surface area contributed by atoms with Crippen LogP contribution in [0.2, 0.25) is 5.02 Å². The van der Waals surface area contributed by atoms with Crippen molar-refractivity contribution in [2.75, 3.05) is 0 Å². The van der Waals surface area contributed by atoms with Crippen molar-refractivity contribution in [3.8, 4) is 0 Å². The van der Waals surface area contributed by atoms with Crippen molar-refractivity contribution < 1.29 is 4.79 Å². The molecule has 0 saturated carbocycles. The summed E-state index contributed by atoms with van der Waals surface area (Å²) >= 11 is 5.93. The third kappa shape index (κ3) is 3.60. The second kappa shape index (κ2) is 7.05. The van der Waals surface area contributed by atoms with E-state index in [0.717, 1.165) is 22.9 Å². The average molecular weight is 342 g/mol. The number of amides is 1. The van der Waals surface area contributed by atoms with Crippen LogP contribution in [0.25, 0.3) is 10.9 Å². The minimum absolute atomic E-state index is 0.0505. The Kier molecular flexibility index (Phi) is 4.86. The molecule has 24 heavy (non-hydrogen) atoms. The van der Waals surface area contributed by atoms with Crippen LogP contribution in [0.15, 0.2) is 48.7 Å². The Hall–Kier alpha value is -2.33. The number of aromatic nitrogens is 2. The molecule has 1 N–H and O–H groups in total. The van der Waals surface area contributed by atoms with Gasteiger partial charge in [-0.05, 0) is 43.2 Å². The van der Waals surface area contributed by atoms with Crippen molar-refractivity contribution in [3.63, 3.8) is 0 Å². The number of rotatable bonds is 5. The summed E-state index contributed by atoms with van der Waals surface area (Å²) in [5.74, 6) is -0.0505. The van der Waals surface area contributed by atoms with Gasteiger partial charge in [0.2, 0.25) is 0 Å². The van der Waals surface area contributed by atoms with Crippen molar-refractivity contribution in [2.45, 2.75) is 32.9 Å². The molecule has 4 nitrogen and oxygen atoms in total. The van der Waals surface area contributed by atoms with E-state index >= 15 is 0 Å². The molecule has 124 valence electrons. The van der Waals surface area contributed by atoms with Crippen LogP contribution in [0.5, 0.6) is 0 Å². The second-order valence-corrected chi connectivity index (χ2v) is 6.42. The molecule has 0 unspecified atom stereocenters. The van der Waals surface area contributed by atoms with Crippen LogP contribution in [0.3, 0.4) is 0 Å². The normalized spacial score (nSPS) is 12.3. The Bertz CT molecular complexity index is 855. The molecule has 0 saturated heterocycles. The van der Waals surface area contributed by atoms with Gasteiger partial charge in [-0.3, -0.25) is 9.48 Å². The lowest BCUT2D eigenvalue weighted by Crippen LogP contribution is -2.31. The fourth-order valence-corrected chi connectivity index (χ4v) is 2.64. The number of nitrogens with one attached hydrogen (secondary N) is 1. The molecule has 0 radical (unpaired) electrons. The third-order valence-electron chi connectivity index (χ3n) is 4.14. The Labute approximate surface area is 146 Å². The van der Waals surface area contributed by atoms with Gasteiger partial charge in [0.25, 0.3) is 5.91 Å². The van der Waals surface area contributed by atoms with E-state index in [9.17, 15) is 4.79 Å². The van der Waals surface area contributed by atoms with Gasteiger partial charge in [0.15, 0.2) is 0 Å². The largest absolute Gasteiger partial charge is 0.350 e. The van der Waals surface area contributed by atoms with E-state index in [4.69, 9.17) is 11.6 Å². The predicted octanol–water partition coefficient (Wildman–Crippen LogP) is 4.27. The first-order valence-corrected chi connectivity index (χ1v) is 8.45. The van der Waals surface area contributed by atoms with E-state index in [-0.39, 0.29) is 11.9 Å². The minimum Gasteiger partial charge on any atom is -0.350 e. The quantitative estimate of drug-likeness (QED) is 0.753. The number of fused-ring (bicyclic) bond motifs is 1. The molecule has 2 aromatic carbocycles. The highest BCUT2D eigenvalue weighted by Gasteiger charge is 2.11. The summed E-state index contributed by atoms with van der Waals surface area (Å²) in [5.41, 5.74) is 2.71. The lowest BCUT2D eigenvalue weighted by molar-refractivity contribution is 0.0939. The molecule has 0 spiro atoms. The molecule has 5 heteroatoms. The summed E-state index contributed by atoms with van der Waals surface area (Å²) in [6, 6.07) is 13.5. The molecule has 0 aliphatic carbocycles. The predicted molar refractivity (Wildman–Crippen MR) is 97.5 cm³/mol. The zero-order valence-corrected chi connectivity index (χ0v) is 14.5. The molecule has 0 bridgehead atoms. The third-order valence-corrected chi connectivity index (χ3v) is 4.39. The van der Waals surface area contributed by atoms with Crippen LogP contribution in [0, 0.1) is 0 Å². The fraction of sp³-hybridized carbons (Fsp3) is 0.263. The van der Waals surface area contributed by atoms with Crippen LogP contribution >= 0.6 is 11.6 Å². The van der Waals surface area contributed by atoms with E-state index < -0.39 is 0 Å². The number of benzene rings is 2. The lowest BCUT2D eigenvalue weighted by Gasteiger charge is -2.11. The van der Waals surface area contributed by atoms with Crippen molar-refractivity contribution in [3.05, 3.63) is 64.8 Å². The highest BCUT2D eigenvalue weighted by Crippen LogP contribution is 2.18. The molecule has 1 heterocycles. The number of carbonyl (C=O) groups is 1. The van der Waals surface area contributed by atoms with Crippen LogP contribution in [-0.4, -0.2) is 21.7 Å². The minimum atomic E-state index is -0.0505. The van der Waals surface area contributed by atoms with Crippen LogP contribution in [0.4, 0.5) is 0 Å². The molecule has 1 amide bonds. The monoisotopic (exact) mass is 341 g/mol. The Morgan fingerprint density at radius 3 is 2.71 bits per heavy atom. The first-order chi connectivity index (χ1) is 11.6. The van der Waals surface area contributed by atoms with E-state index in [2.05, 4.69) is 17.3 Å². The molecule has 0 aliphatic heterocycles. The molecular formula is C19H20ClN3O. The first kappa shape index (κ1) is 16.5. The Balaban J connectivity index is 1.88. The van der Waals surface area contributed by atoms with E-state index in [1.165, 1.54) is 0 Å². The van der Waals surface area contributed by atoms with E-state index in [0.29, 0.717) is 17.1 Å². The van der Waals surface area contributed by atoms with Crippen LogP contribution < -0.4 is 5.32 Å². The number of halogens is 1. The van der Waals surface area contributed by atoms with Crippen molar-refractivity contribution >= 4 is 28.4 Å². The van der Waals surface area contributed by atoms with Gasteiger partial charge in [0.05, 0.1) is 18.3 Å². The number of hydrogen-bond donors (Lipinski definition) is 1. The maximum absolute atomic E-state index is 12.3. The highest BCUT2D eigenvalue weighted by atomic mass is 35.5. The summed E-state index contributed by atoms with van der Waals surface area (Å²) in [6.45, 7) is 4.69. The van der Waals surface area contributed by atoms with E-state index in [1.807, 2.05) is 60.3 Å². The zero-order chi connectivity index (χ0) is 17.1. The average Bonchev–Trinajstić information content (AvgIpc) is 2.99. The van der Waals surface area contributed by atoms with Gasteiger partial charge in [-0.1, -0.05) is 36.7 Å². The molecular weight excluding hydrogens is 322 g/mol. The standard InChI is InChI=1S/C19H20ClN3O/c1-3-13(2)22-19(24)15-6-7-16-11-21-23(18(16)10-15)12-14-4-8-17(20)9-5-14/h4-11,13H,3,12H2,1-2H3,(H,22,24)/t13-/m1/s1. The zero-order valence-electron chi connectivity index (χ0n) is 13.8. The fourth-order valence-electron chi connectivity index (χ4n) is 2.51. The number of nitrogens with zero attached hydrogens (tertiary/aromatic N) is 2. The maximum Gasteiger partial charge on any atom is 0.251 e. The van der Waals surface area contributed by atoms with Crippen molar-refractivity contribution in [1.29, 1.82) is 0 Å². The highest BCUT2D eigenvalue weighted by molar-refractivity contribution is 6.30. The topological polar surface area (TPSA) is 46.9 Å². The Morgan fingerprint density at radius 1 is 1.25 bits per heavy atom. The molecule has 0 aliphatic rings. The van der Waals surface area contributed by atoms with Crippen molar-refractivity contribution in [1.82, 2.24) is 15.1 Å². The van der Waals surface area contributed by atoms with Gasteiger partial charge in [-0.15, -0.1) is 0 Å². The smallest absolute Gasteiger partial charge is 0.251 e. The first-order valence-electron chi connectivity index (χ1n) is 8.07. The Morgan fingerprint density at radius 2 is 2.00 bits per heavy atom. The second-order valence-electron chi connectivity index (χ2n) is 5.99. The van der Waals surface area contributed by atoms with Crippen LogP contribution in [0.1, 0.15) is 36.2 Å². The van der Waals surface area contributed by atoms with Gasteiger partial charge in [0.1, 0.15) is 0 Å². The van der Waals surface area contributed by atoms with Gasteiger partial charge in [-0.25, -0.2) is 0 Å². The van der Waals surface area contributed by atoms with Gasteiger partial charge in [-0.2, -0.15) is 5.10 Å². The number of carbonyl (C=O) groups excluding carboxylic acids is 1. The number of hydrogen-bond acceptors (Lipinski definition) is 2. The summed E-state index contributed by atoms with van der Waals surface area (Å²) in [6.07, 6.45) is 2.73. The molecule has 3 rings (SSSR count). The molecule has 1 atom stereocenters. The van der Waals surface area contributed by atoms with E-state index in [1.54, 1.807) is 0 Å². The van der Waals surface area contributed by atoms with Crippen molar-refractivity contribution in [2.24, 2.45) is 0 Å². The summed E-state index contributed by atoms with van der Waals surface area (Å²) < 4.78 is 1.90. The van der Waals surface area contributed by atoms with Gasteiger partial charge < -0.3 is 5.32 Å². The summed E-state index contributed by atoms with van der Waals surface area (Å²) in [7, 11) is 0. The molecule has 1 aromatic heterocycles. The van der Waals surface area contributed by atoms with Crippen LogP contribution in [-0.2, 0) is 6.54 Å². The summed E-state index contributed by atoms with van der Waals surface area (Å²) in [5, 5.41) is 9.17. The van der Waals surface area contributed by atoms with Gasteiger partial charge >= 0.3 is 0 Å². The summed E-state index contributed by atoms with van der Waals surface area (Å²) in [4.78, 5) is 12.3. The lowest BCUT2D eigenvalue weighted by atomic mass is 10.1. The SMILES string of the molecule is CC[C@@H](C)NC(=O)c1ccc2cnn(Cc3ccc(Cl)cc3)c2c1.